The van der Waals surface area contributed by atoms with Crippen LogP contribution in [-0.4, -0.2) is 12.3 Å². The van der Waals surface area contributed by atoms with Gasteiger partial charge in [0, 0.05) is 23.7 Å². The second kappa shape index (κ2) is 7.68. The summed E-state index contributed by atoms with van der Waals surface area (Å²) in [5.41, 5.74) is 1.23. The Kier molecular flexibility index (Phi) is 5.60. The zero-order valence-corrected chi connectivity index (χ0v) is 11.8. The third-order valence-electron chi connectivity index (χ3n) is 2.79. The fourth-order valence-corrected chi connectivity index (χ4v) is 2.63. The number of hydrogen-bond acceptors (Lipinski definition) is 3. The molecule has 2 rings (SSSR count). The van der Waals surface area contributed by atoms with Crippen molar-refractivity contribution in [2.24, 2.45) is 0 Å². The van der Waals surface area contributed by atoms with Crippen molar-refractivity contribution in [2.75, 3.05) is 12.3 Å². The summed E-state index contributed by atoms with van der Waals surface area (Å²) in [4.78, 5) is 1.23. The van der Waals surface area contributed by atoms with Crippen LogP contribution in [-0.2, 0) is 6.54 Å². The van der Waals surface area contributed by atoms with E-state index in [9.17, 15) is 4.39 Å². The third kappa shape index (κ3) is 4.37. The molecular formula is C16H15FN2S. The summed E-state index contributed by atoms with van der Waals surface area (Å²) in [6, 6.07) is 16.5. The van der Waals surface area contributed by atoms with Gasteiger partial charge in [0.25, 0.3) is 0 Å². The van der Waals surface area contributed by atoms with Crippen LogP contribution in [0.2, 0.25) is 0 Å². The van der Waals surface area contributed by atoms with Gasteiger partial charge in [-0.15, -0.1) is 11.8 Å². The zero-order chi connectivity index (χ0) is 14.2. The van der Waals surface area contributed by atoms with Crippen LogP contribution in [0.3, 0.4) is 0 Å². The van der Waals surface area contributed by atoms with E-state index in [1.54, 1.807) is 11.8 Å². The molecule has 0 amide bonds. The van der Waals surface area contributed by atoms with Gasteiger partial charge >= 0.3 is 0 Å². The number of nitriles is 1. The predicted octanol–water partition coefficient (Wildman–Crippen LogP) is 3.58. The highest BCUT2D eigenvalue weighted by Gasteiger charge is 2.03. The van der Waals surface area contributed by atoms with E-state index in [2.05, 4.69) is 23.5 Å². The molecule has 0 atom stereocenters. The summed E-state index contributed by atoms with van der Waals surface area (Å²) < 4.78 is 13.1. The van der Waals surface area contributed by atoms with E-state index in [0.29, 0.717) is 17.7 Å². The molecule has 2 aromatic rings. The first kappa shape index (κ1) is 14.6. The lowest BCUT2D eigenvalue weighted by atomic mass is 10.1. The molecule has 0 aliphatic heterocycles. The minimum atomic E-state index is -0.306. The lowest BCUT2D eigenvalue weighted by molar-refractivity contribution is 0.621. The largest absolute Gasteiger partial charge is 0.312 e. The van der Waals surface area contributed by atoms with Crippen molar-refractivity contribution in [3.05, 3.63) is 65.5 Å². The maximum absolute atomic E-state index is 13.1. The molecule has 2 nitrogen and oxygen atoms in total. The molecule has 2 aromatic carbocycles. The monoisotopic (exact) mass is 286 g/mol. The predicted molar refractivity (Wildman–Crippen MR) is 80.0 cm³/mol. The molecule has 0 radical (unpaired) electrons. The van der Waals surface area contributed by atoms with Crippen LogP contribution in [0.1, 0.15) is 11.1 Å². The van der Waals surface area contributed by atoms with Crippen LogP contribution in [0, 0.1) is 17.1 Å². The van der Waals surface area contributed by atoms with Gasteiger partial charge in [0.1, 0.15) is 5.82 Å². The summed E-state index contributed by atoms with van der Waals surface area (Å²) in [5.74, 6) is 0.626. The minimum Gasteiger partial charge on any atom is -0.312 e. The van der Waals surface area contributed by atoms with Gasteiger partial charge in [-0.05, 0) is 35.9 Å². The van der Waals surface area contributed by atoms with Gasteiger partial charge in [-0.25, -0.2) is 4.39 Å². The summed E-state index contributed by atoms with van der Waals surface area (Å²) in [6.07, 6.45) is 0. The quantitative estimate of drug-likeness (QED) is 0.651. The average molecular weight is 286 g/mol. The maximum Gasteiger partial charge on any atom is 0.123 e. The molecule has 0 aromatic heterocycles. The highest BCUT2D eigenvalue weighted by Crippen LogP contribution is 2.16. The van der Waals surface area contributed by atoms with E-state index in [4.69, 9.17) is 5.26 Å². The smallest absolute Gasteiger partial charge is 0.123 e. The van der Waals surface area contributed by atoms with Gasteiger partial charge in [0.05, 0.1) is 11.6 Å². The standard InChI is InChI=1S/C16H15FN2S/c17-15-7-6-13(11-18)14(10-15)12-19-8-9-20-16-4-2-1-3-5-16/h1-7,10,19H,8-9,12H2. The normalized spacial score (nSPS) is 10.2. The molecule has 0 saturated heterocycles. The van der Waals surface area contributed by atoms with Crippen molar-refractivity contribution in [3.63, 3.8) is 0 Å². The molecule has 0 bridgehead atoms. The Morgan fingerprint density at radius 3 is 2.70 bits per heavy atom. The van der Waals surface area contributed by atoms with Crippen molar-refractivity contribution < 1.29 is 4.39 Å². The third-order valence-corrected chi connectivity index (χ3v) is 3.81. The highest BCUT2D eigenvalue weighted by molar-refractivity contribution is 7.99. The fourth-order valence-electron chi connectivity index (χ4n) is 1.80. The first-order valence-electron chi connectivity index (χ1n) is 6.36. The Morgan fingerprint density at radius 2 is 1.95 bits per heavy atom. The van der Waals surface area contributed by atoms with E-state index in [-0.39, 0.29) is 5.82 Å². The number of nitrogens with zero attached hydrogens (tertiary/aromatic N) is 1. The van der Waals surface area contributed by atoms with Gasteiger partial charge in [0.2, 0.25) is 0 Å². The average Bonchev–Trinajstić information content (AvgIpc) is 2.48. The number of nitrogens with one attached hydrogen (secondary N) is 1. The van der Waals surface area contributed by atoms with Gasteiger partial charge in [-0.1, -0.05) is 18.2 Å². The van der Waals surface area contributed by atoms with E-state index >= 15 is 0 Å². The summed E-state index contributed by atoms with van der Waals surface area (Å²) >= 11 is 1.77. The molecule has 0 spiro atoms. The molecule has 0 aliphatic carbocycles. The lowest BCUT2D eigenvalue weighted by Crippen LogP contribution is -2.17. The summed E-state index contributed by atoms with van der Waals surface area (Å²) in [6.45, 7) is 1.32. The molecule has 102 valence electrons. The van der Waals surface area contributed by atoms with Gasteiger partial charge in [-0.2, -0.15) is 5.26 Å². The molecule has 0 aliphatic rings. The van der Waals surface area contributed by atoms with Gasteiger partial charge < -0.3 is 5.32 Å². The van der Waals surface area contributed by atoms with E-state index in [1.165, 1.54) is 23.1 Å². The van der Waals surface area contributed by atoms with E-state index in [0.717, 1.165) is 12.3 Å². The Morgan fingerprint density at radius 1 is 1.15 bits per heavy atom. The molecule has 1 N–H and O–H groups in total. The Hall–Kier alpha value is -1.83. The molecule has 20 heavy (non-hydrogen) atoms. The molecule has 0 saturated carbocycles. The Labute approximate surface area is 122 Å². The van der Waals surface area contributed by atoms with Crippen molar-refractivity contribution in [1.29, 1.82) is 5.26 Å². The van der Waals surface area contributed by atoms with Crippen LogP contribution in [0.15, 0.2) is 53.4 Å². The van der Waals surface area contributed by atoms with Gasteiger partial charge in [-0.3, -0.25) is 0 Å². The summed E-state index contributed by atoms with van der Waals surface area (Å²) in [7, 11) is 0. The lowest BCUT2D eigenvalue weighted by Gasteiger charge is -2.07. The molecule has 0 heterocycles. The number of rotatable bonds is 6. The summed E-state index contributed by atoms with van der Waals surface area (Å²) in [5, 5.41) is 12.2. The number of benzene rings is 2. The first-order chi connectivity index (χ1) is 9.79. The van der Waals surface area contributed by atoms with Crippen LogP contribution in [0.4, 0.5) is 4.39 Å². The van der Waals surface area contributed by atoms with Crippen LogP contribution in [0.25, 0.3) is 0 Å². The number of hydrogen-bond donors (Lipinski definition) is 1. The number of thioether (sulfide) groups is 1. The fraction of sp³-hybridized carbons (Fsp3) is 0.188. The van der Waals surface area contributed by atoms with Crippen LogP contribution in [0.5, 0.6) is 0 Å². The topological polar surface area (TPSA) is 35.8 Å². The second-order valence-electron chi connectivity index (χ2n) is 4.25. The van der Waals surface area contributed by atoms with Crippen LogP contribution >= 0.6 is 11.8 Å². The van der Waals surface area contributed by atoms with Gasteiger partial charge in [0.15, 0.2) is 0 Å². The molecule has 4 heteroatoms. The van der Waals surface area contributed by atoms with Crippen LogP contribution < -0.4 is 5.32 Å². The SMILES string of the molecule is N#Cc1ccc(F)cc1CNCCSc1ccccc1. The highest BCUT2D eigenvalue weighted by atomic mass is 32.2. The number of halogens is 1. The van der Waals surface area contributed by atoms with Crippen molar-refractivity contribution in [1.82, 2.24) is 5.32 Å². The zero-order valence-electron chi connectivity index (χ0n) is 11.0. The Balaban J connectivity index is 1.76. The second-order valence-corrected chi connectivity index (χ2v) is 5.42. The van der Waals surface area contributed by atoms with Crippen molar-refractivity contribution >= 4 is 11.8 Å². The molecule has 0 fully saturated rings. The van der Waals surface area contributed by atoms with Crippen molar-refractivity contribution in [2.45, 2.75) is 11.4 Å². The molecule has 0 unspecified atom stereocenters. The van der Waals surface area contributed by atoms with E-state index in [1.807, 2.05) is 18.2 Å². The van der Waals surface area contributed by atoms with E-state index < -0.39 is 0 Å². The first-order valence-corrected chi connectivity index (χ1v) is 7.35. The van der Waals surface area contributed by atoms with Crippen molar-refractivity contribution in [3.8, 4) is 6.07 Å². The Bertz CT molecular complexity index is 593. The maximum atomic E-state index is 13.1. The molecular weight excluding hydrogens is 271 g/mol. The minimum absolute atomic E-state index is 0.306.